The summed E-state index contributed by atoms with van der Waals surface area (Å²) in [5.41, 5.74) is 1.86. The van der Waals surface area contributed by atoms with Crippen LogP contribution in [0.4, 0.5) is 5.69 Å². The van der Waals surface area contributed by atoms with E-state index >= 15 is 0 Å². The monoisotopic (exact) mass is 397 g/mol. The first-order valence-corrected chi connectivity index (χ1v) is 10.3. The third kappa shape index (κ3) is 2.90. The third-order valence-electron chi connectivity index (χ3n) is 5.83. The number of hydrogen-bond donors (Lipinski definition) is 0. The molecule has 146 valence electrons. The van der Waals surface area contributed by atoms with Crippen LogP contribution in [0.25, 0.3) is 0 Å². The second-order valence-electron chi connectivity index (χ2n) is 7.58. The minimum Gasteiger partial charge on any atom is -0.347 e. The van der Waals surface area contributed by atoms with Gasteiger partial charge >= 0.3 is 0 Å². The molecule has 4 rings (SSSR count). The number of amides is 3. The van der Waals surface area contributed by atoms with Crippen LogP contribution >= 0.6 is 11.3 Å². The Balaban J connectivity index is 1.59. The molecule has 2 aliphatic rings. The third-order valence-corrected chi connectivity index (χ3v) is 6.51. The molecule has 0 unspecified atom stereocenters. The molecule has 1 fully saturated rings. The number of likely N-dealkylation sites (tertiary alicyclic amines) is 1. The average molecular weight is 398 g/mol. The maximum Gasteiger partial charge on any atom is 0.254 e. The van der Waals surface area contributed by atoms with Crippen LogP contribution in [0.2, 0.25) is 0 Å². The van der Waals surface area contributed by atoms with Crippen molar-refractivity contribution >= 4 is 34.7 Å². The molecule has 2 aromatic rings. The highest BCUT2D eigenvalue weighted by molar-refractivity contribution is 7.08. The molecule has 7 heteroatoms. The Morgan fingerprint density at radius 1 is 1.14 bits per heavy atom. The quantitative estimate of drug-likeness (QED) is 0.799. The molecule has 0 saturated carbocycles. The number of carbonyl (C=O) groups excluding carboxylic acids is 3. The van der Waals surface area contributed by atoms with Gasteiger partial charge < -0.3 is 14.7 Å². The van der Waals surface area contributed by atoms with Crippen LogP contribution < -0.4 is 4.90 Å². The van der Waals surface area contributed by atoms with E-state index in [0.717, 1.165) is 11.3 Å². The molecule has 1 spiro atoms. The van der Waals surface area contributed by atoms with E-state index in [1.54, 1.807) is 19.0 Å². The molecular formula is C21H23N3O3S. The van der Waals surface area contributed by atoms with E-state index in [0.29, 0.717) is 31.5 Å². The number of para-hydroxylation sites is 1. The number of likely N-dealkylation sites (N-methyl/N-ethyl adjacent to an activating group) is 1. The maximum atomic E-state index is 13.5. The Labute approximate surface area is 168 Å². The summed E-state index contributed by atoms with van der Waals surface area (Å²) in [5, 5.41) is 3.76. The van der Waals surface area contributed by atoms with Gasteiger partial charge in [-0.1, -0.05) is 18.2 Å². The van der Waals surface area contributed by atoms with Crippen LogP contribution in [-0.2, 0) is 15.0 Å². The van der Waals surface area contributed by atoms with Crippen LogP contribution in [-0.4, -0.2) is 61.3 Å². The highest BCUT2D eigenvalue weighted by Crippen LogP contribution is 2.47. The summed E-state index contributed by atoms with van der Waals surface area (Å²) in [6, 6.07) is 9.57. The van der Waals surface area contributed by atoms with Crippen molar-refractivity contribution in [1.82, 2.24) is 9.80 Å². The first-order valence-electron chi connectivity index (χ1n) is 9.37. The smallest absolute Gasteiger partial charge is 0.254 e. The Morgan fingerprint density at radius 3 is 2.50 bits per heavy atom. The average Bonchev–Trinajstić information content (AvgIpc) is 3.31. The minimum atomic E-state index is -0.644. The van der Waals surface area contributed by atoms with E-state index in [9.17, 15) is 14.4 Å². The van der Waals surface area contributed by atoms with Crippen molar-refractivity contribution in [3.63, 3.8) is 0 Å². The number of benzene rings is 1. The summed E-state index contributed by atoms with van der Waals surface area (Å²) in [5.74, 6) is -0.105. The van der Waals surface area contributed by atoms with Gasteiger partial charge in [-0.05, 0) is 35.9 Å². The number of hydrogen-bond acceptors (Lipinski definition) is 4. The molecule has 2 aliphatic heterocycles. The van der Waals surface area contributed by atoms with Gasteiger partial charge in [0.05, 0.1) is 11.0 Å². The highest BCUT2D eigenvalue weighted by Gasteiger charge is 2.52. The van der Waals surface area contributed by atoms with Crippen LogP contribution in [0.5, 0.6) is 0 Å². The van der Waals surface area contributed by atoms with Gasteiger partial charge in [-0.2, -0.15) is 11.3 Å². The predicted octanol–water partition coefficient (Wildman–Crippen LogP) is 2.36. The fourth-order valence-electron chi connectivity index (χ4n) is 4.17. The van der Waals surface area contributed by atoms with Crippen molar-refractivity contribution in [3.05, 3.63) is 52.2 Å². The van der Waals surface area contributed by atoms with Gasteiger partial charge in [0.2, 0.25) is 11.8 Å². The lowest BCUT2D eigenvalue weighted by atomic mass is 9.73. The van der Waals surface area contributed by atoms with Crippen molar-refractivity contribution in [2.75, 3.05) is 38.6 Å². The second-order valence-corrected chi connectivity index (χ2v) is 8.36. The van der Waals surface area contributed by atoms with Gasteiger partial charge in [0.1, 0.15) is 6.54 Å². The molecule has 1 saturated heterocycles. The Kier molecular flexibility index (Phi) is 4.71. The van der Waals surface area contributed by atoms with Crippen molar-refractivity contribution in [1.29, 1.82) is 0 Å². The first kappa shape index (κ1) is 18.7. The summed E-state index contributed by atoms with van der Waals surface area (Å²) in [6.45, 7) is 1.11. The van der Waals surface area contributed by atoms with E-state index in [1.165, 1.54) is 16.2 Å². The van der Waals surface area contributed by atoms with Gasteiger partial charge in [-0.3, -0.25) is 14.4 Å². The Bertz CT molecular complexity index is 915. The van der Waals surface area contributed by atoms with Gasteiger partial charge in [-0.15, -0.1) is 0 Å². The van der Waals surface area contributed by atoms with Crippen molar-refractivity contribution in [2.24, 2.45) is 0 Å². The molecule has 1 aromatic heterocycles. The predicted molar refractivity (Wildman–Crippen MR) is 109 cm³/mol. The molecule has 0 atom stereocenters. The number of nitrogens with zero attached hydrogens (tertiary/aromatic N) is 3. The standard InChI is InChI=1S/C21H23N3O3S/c1-22(2)18(25)13-24-17-6-4-3-5-16(17)21(20(24)27)8-10-23(11-9-21)19(26)15-7-12-28-14-15/h3-7,12,14H,8-11,13H2,1-2H3. The number of fused-ring (bicyclic) bond motifs is 2. The van der Waals surface area contributed by atoms with E-state index < -0.39 is 5.41 Å². The summed E-state index contributed by atoms with van der Waals surface area (Å²) >= 11 is 1.51. The van der Waals surface area contributed by atoms with Crippen molar-refractivity contribution in [3.8, 4) is 0 Å². The number of rotatable bonds is 3. The van der Waals surface area contributed by atoms with Crippen LogP contribution in [0.1, 0.15) is 28.8 Å². The number of piperidine rings is 1. The first-order chi connectivity index (χ1) is 13.4. The molecule has 1 aromatic carbocycles. The SMILES string of the molecule is CN(C)C(=O)CN1C(=O)C2(CCN(C(=O)c3ccsc3)CC2)c2ccccc21. The second kappa shape index (κ2) is 7.05. The number of carbonyl (C=O) groups is 3. The van der Waals surface area contributed by atoms with Gasteiger partial charge in [0, 0.05) is 38.3 Å². The van der Waals surface area contributed by atoms with E-state index in [4.69, 9.17) is 0 Å². The van der Waals surface area contributed by atoms with E-state index in [-0.39, 0.29) is 24.3 Å². The Hall–Kier alpha value is -2.67. The lowest BCUT2D eigenvalue weighted by molar-refractivity contribution is -0.130. The fraction of sp³-hybridized carbons (Fsp3) is 0.381. The molecule has 0 N–H and O–H groups in total. The summed E-state index contributed by atoms with van der Waals surface area (Å²) in [7, 11) is 3.39. The van der Waals surface area contributed by atoms with Crippen molar-refractivity contribution < 1.29 is 14.4 Å². The molecule has 0 aliphatic carbocycles. The Morgan fingerprint density at radius 2 is 1.86 bits per heavy atom. The fourth-order valence-corrected chi connectivity index (χ4v) is 4.80. The van der Waals surface area contributed by atoms with E-state index in [2.05, 4.69) is 0 Å². The van der Waals surface area contributed by atoms with Crippen LogP contribution in [0, 0.1) is 0 Å². The minimum absolute atomic E-state index is 0.0217. The largest absolute Gasteiger partial charge is 0.347 e. The molecule has 28 heavy (non-hydrogen) atoms. The van der Waals surface area contributed by atoms with Crippen LogP contribution in [0.15, 0.2) is 41.1 Å². The summed E-state index contributed by atoms with van der Waals surface area (Å²) in [6.07, 6.45) is 1.15. The zero-order valence-electron chi connectivity index (χ0n) is 16.1. The van der Waals surface area contributed by atoms with Crippen LogP contribution in [0.3, 0.4) is 0 Å². The number of thiophene rings is 1. The van der Waals surface area contributed by atoms with Crippen molar-refractivity contribution in [2.45, 2.75) is 18.3 Å². The molecular weight excluding hydrogens is 374 g/mol. The molecule has 6 nitrogen and oxygen atoms in total. The molecule has 0 radical (unpaired) electrons. The highest BCUT2D eigenvalue weighted by atomic mass is 32.1. The molecule has 3 heterocycles. The lowest BCUT2D eigenvalue weighted by Gasteiger charge is -2.38. The summed E-state index contributed by atoms with van der Waals surface area (Å²) in [4.78, 5) is 43.3. The number of anilines is 1. The molecule has 3 amide bonds. The maximum absolute atomic E-state index is 13.5. The van der Waals surface area contributed by atoms with Gasteiger partial charge in [0.15, 0.2) is 0 Å². The van der Waals surface area contributed by atoms with Gasteiger partial charge in [-0.25, -0.2) is 0 Å². The normalized spacial score (nSPS) is 17.7. The van der Waals surface area contributed by atoms with E-state index in [1.807, 2.05) is 46.0 Å². The molecule has 0 bridgehead atoms. The van der Waals surface area contributed by atoms with Gasteiger partial charge in [0.25, 0.3) is 5.91 Å². The zero-order chi connectivity index (χ0) is 19.9. The zero-order valence-corrected chi connectivity index (χ0v) is 16.9. The summed E-state index contributed by atoms with van der Waals surface area (Å²) < 4.78 is 0. The topological polar surface area (TPSA) is 60.9 Å². The lowest BCUT2D eigenvalue weighted by Crippen LogP contribution is -2.51.